The Morgan fingerprint density at radius 1 is 0.939 bits per heavy atom. The summed E-state index contributed by atoms with van der Waals surface area (Å²) in [5.41, 5.74) is 5.33. The minimum absolute atomic E-state index is 0.172. The average molecular weight is 455 g/mol. The fourth-order valence-corrected chi connectivity index (χ4v) is 4.83. The van der Waals surface area contributed by atoms with Gasteiger partial charge in [0, 0.05) is 11.4 Å². The summed E-state index contributed by atoms with van der Waals surface area (Å²) in [5, 5.41) is 13.3. The second-order valence-corrected chi connectivity index (χ2v) is 8.90. The number of pyridine rings is 1. The lowest BCUT2D eigenvalue weighted by atomic mass is 10.1. The minimum Gasteiger partial charge on any atom is -0.350 e. The van der Waals surface area contributed by atoms with Gasteiger partial charge in [0.15, 0.2) is 0 Å². The van der Waals surface area contributed by atoms with Gasteiger partial charge in [0.1, 0.15) is 21.7 Å². The molecule has 2 amide bonds. The Morgan fingerprint density at radius 2 is 1.67 bits per heavy atom. The second kappa shape index (κ2) is 8.93. The van der Waals surface area contributed by atoms with Crippen LogP contribution in [-0.2, 0) is 9.59 Å². The zero-order valence-electron chi connectivity index (χ0n) is 18.8. The van der Waals surface area contributed by atoms with Gasteiger partial charge in [-0.05, 0) is 63.1 Å². The van der Waals surface area contributed by atoms with E-state index in [4.69, 9.17) is 0 Å². The predicted molar refractivity (Wildman–Crippen MR) is 130 cm³/mol. The smallest absolute Gasteiger partial charge is 0.283 e. The van der Waals surface area contributed by atoms with E-state index in [9.17, 15) is 14.9 Å². The van der Waals surface area contributed by atoms with Crippen molar-refractivity contribution in [1.29, 1.82) is 5.26 Å². The number of aryl methyl sites for hydroxylation is 4. The Balaban J connectivity index is 1.83. The number of aromatic nitrogens is 1. The lowest BCUT2D eigenvalue weighted by molar-refractivity contribution is -0.120. The largest absolute Gasteiger partial charge is 0.350 e. The summed E-state index contributed by atoms with van der Waals surface area (Å²) >= 11 is 1.05. The van der Waals surface area contributed by atoms with E-state index in [1.54, 1.807) is 24.3 Å². The van der Waals surface area contributed by atoms with Crippen molar-refractivity contribution in [2.45, 2.75) is 32.7 Å². The molecule has 0 bridgehead atoms. The quantitative estimate of drug-likeness (QED) is 0.535. The molecular formula is C26H22N4O2S. The molecular weight excluding hydrogens is 432 g/mol. The lowest BCUT2D eigenvalue weighted by Crippen LogP contribution is -2.32. The number of benzene rings is 2. The van der Waals surface area contributed by atoms with Crippen LogP contribution in [0.2, 0.25) is 0 Å². The number of hydrogen-bond donors (Lipinski definition) is 1. The van der Waals surface area contributed by atoms with Crippen LogP contribution in [0.4, 0.5) is 11.4 Å². The van der Waals surface area contributed by atoms with E-state index < -0.39 is 11.8 Å². The molecule has 4 rings (SSSR count). The lowest BCUT2D eigenvalue weighted by Gasteiger charge is -2.15. The van der Waals surface area contributed by atoms with Crippen molar-refractivity contribution < 1.29 is 9.59 Å². The number of hydrogen-bond acceptors (Lipinski definition) is 6. The topological polar surface area (TPSA) is 86.1 Å². The van der Waals surface area contributed by atoms with Gasteiger partial charge >= 0.3 is 0 Å². The van der Waals surface area contributed by atoms with Gasteiger partial charge in [-0.15, -0.1) is 0 Å². The summed E-state index contributed by atoms with van der Waals surface area (Å²) in [6.45, 7) is 7.60. The molecule has 164 valence electrons. The first-order valence-corrected chi connectivity index (χ1v) is 11.2. The molecule has 0 radical (unpaired) electrons. The van der Waals surface area contributed by atoms with Crippen molar-refractivity contribution in [3.05, 3.63) is 93.1 Å². The molecule has 6 nitrogen and oxygen atoms in total. The second-order valence-electron chi connectivity index (χ2n) is 7.90. The van der Waals surface area contributed by atoms with Crippen LogP contribution in [0.3, 0.4) is 0 Å². The van der Waals surface area contributed by atoms with Gasteiger partial charge in [0.05, 0.1) is 11.3 Å². The maximum atomic E-state index is 13.5. The normalized spacial score (nSPS) is 13.5. The maximum Gasteiger partial charge on any atom is 0.283 e. The first-order valence-electron chi connectivity index (χ1n) is 10.4. The molecule has 1 aliphatic rings. The minimum atomic E-state index is -0.451. The van der Waals surface area contributed by atoms with Crippen LogP contribution >= 0.6 is 11.8 Å². The summed E-state index contributed by atoms with van der Waals surface area (Å²) in [6, 6.07) is 18.6. The van der Waals surface area contributed by atoms with E-state index in [-0.39, 0.29) is 10.6 Å². The van der Waals surface area contributed by atoms with E-state index in [0.29, 0.717) is 16.3 Å². The van der Waals surface area contributed by atoms with Gasteiger partial charge in [-0.25, -0.2) is 9.88 Å². The van der Waals surface area contributed by atoms with Gasteiger partial charge in [0.25, 0.3) is 11.8 Å². The third kappa shape index (κ3) is 4.26. The number of thioether (sulfide) groups is 1. The van der Waals surface area contributed by atoms with Crippen LogP contribution < -0.4 is 10.2 Å². The maximum absolute atomic E-state index is 13.5. The highest BCUT2D eigenvalue weighted by Gasteiger charge is 2.41. The fraction of sp³-hybridized carbons (Fsp3) is 0.154. The standard InChI is InChI=1S/C26H22N4O2S/c1-15-10-11-21(17(3)12-15)29-22-23(33-24-20(14-27)16(2)13-18(4)28-24)26(32)30(25(22)31)19-8-6-5-7-9-19/h5-13,29H,1-4H3. The summed E-state index contributed by atoms with van der Waals surface area (Å²) in [6.07, 6.45) is 0. The molecule has 1 aliphatic heterocycles. The van der Waals surface area contributed by atoms with Crippen LogP contribution in [0.1, 0.15) is 27.9 Å². The molecule has 2 heterocycles. The molecule has 0 unspecified atom stereocenters. The third-order valence-electron chi connectivity index (χ3n) is 5.32. The summed E-state index contributed by atoms with van der Waals surface area (Å²) in [4.78, 5) is 32.8. The van der Waals surface area contributed by atoms with Crippen molar-refractivity contribution >= 4 is 35.0 Å². The average Bonchev–Trinajstić information content (AvgIpc) is 3.00. The SMILES string of the molecule is Cc1ccc(NC2=C(Sc3nc(C)cc(C)c3C#N)C(=O)N(c3ccccc3)C2=O)c(C)c1. The summed E-state index contributed by atoms with van der Waals surface area (Å²) in [5.74, 6) is -0.898. The molecule has 2 aromatic carbocycles. The number of carbonyl (C=O) groups excluding carboxylic acids is 2. The molecule has 0 fully saturated rings. The first-order chi connectivity index (χ1) is 15.8. The number of nitrogens with one attached hydrogen (secondary N) is 1. The zero-order valence-corrected chi connectivity index (χ0v) is 19.6. The molecule has 1 N–H and O–H groups in total. The Morgan fingerprint density at radius 3 is 2.33 bits per heavy atom. The van der Waals surface area contributed by atoms with Crippen LogP contribution in [0, 0.1) is 39.0 Å². The van der Waals surface area contributed by atoms with E-state index in [0.717, 1.165) is 44.7 Å². The third-order valence-corrected chi connectivity index (χ3v) is 6.39. The van der Waals surface area contributed by atoms with E-state index in [1.165, 1.54) is 0 Å². The zero-order chi connectivity index (χ0) is 23.7. The van der Waals surface area contributed by atoms with Gasteiger partial charge in [0.2, 0.25) is 0 Å². The number of imide groups is 1. The van der Waals surface area contributed by atoms with Crippen molar-refractivity contribution in [1.82, 2.24) is 4.98 Å². The van der Waals surface area contributed by atoms with Crippen molar-refractivity contribution in [2.24, 2.45) is 0 Å². The van der Waals surface area contributed by atoms with Crippen LogP contribution in [-0.4, -0.2) is 16.8 Å². The predicted octanol–water partition coefficient (Wildman–Crippen LogP) is 5.18. The molecule has 3 aromatic rings. The number of nitrogens with zero attached hydrogens (tertiary/aromatic N) is 3. The number of anilines is 2. The number of para-hydroxylation sites is 1. The van der Waals surface area contributed by atoms with Gasteiger partial charge in [-0.2, -0.15) is 5.26 Å². The Hall–Kier alpha value is -3.89. The van der Waals surface area contributed by atoms with E-state index in [1.807, 2.05) is 58.0 Å². The summed E-state index contributed by atoms with van der Waals surface area (Å²) < 4.78 is 0. The molecule has 0 saturated heterocycles. The Bertz CT molecular complexity index is 1360. The van der Waals surface area contributed by atoms with Crippen LogP contribution in [0.5, 0.6) is 0 Å². The van der Waals surface area contributed by atoms with E-state index in [2.05, 4.69) is 16.4 Å². The highest BCUT2D eigenvalue weighted by atomic mass is 32.2. The molecule has 7 heteroatoms. The van der Waals surface area contributed by atoms with Gasteiger partial charge < -0.3 is 5.32 Å². The molecule has 0 saturated carbocycles. The molecule has 1 aromatic heterocycles. The van der Waals surface area contributed by atoms with Gasteiger partial charge in [-0.3, -0.25) is 9.59 Å². The molecule has 0 aliphatic carbocycles. The van der Waals surface area contributed by atoms with E-state index >= 15 is 0 Å². The fourth-order valence-electron chi connectivity index (χ4n) is 3.72. The molecule has 33 heavy (non-hydrogen) atoms. The van der Waals surface area contributed by atoms with Crippen LogP contribution in [0.25, 0.3) is 0 Å². The Labute approximate surface area is 197 Å². The monoisotopic (exact) mass is 454 g/mol. The number of amides is 2. The van der Waals surface area contributed by atoms with Crippen molar-refractivity contribution in [3.63, 3.8) is 0 Å². The van der Waals surface area contributed by atoms with Gasteiger partial charge in [-0.1, -0.05) is 47.7 Å². The first kappa shape index (κ1) is 22.3. The molecule has 0 spiro atoms. The number of rotatable bonds is 5. The highest BCUT2D eigenvalue weighted by Crippen LogP contribution is 2.39. The van der Waals surface area contributed by atoms with Crippen molar-refractivity contribution in [2.75, 3.05) is 10.2 Å². The number of nitriles is 1. The van der Waals surface area contributed by atoms with Crippen LogP contribution in [0.15, 0.2) is 70.2 Å². The summed E-state index contributed by atoms with van der Waals surface area (Å²) in [7, 11) is 0. The number of carbonyl (C=O) groups is 2. The molecule has 0 atom stereocenters. The Kier molecular flexibility index (Phi) is 6.03. The highest BCUT2D eigenvalue weighted by molar-refractivity contribution is 8.04. The van der Waals surface area contributed by atoms with Crippen molar-refractivity contribution in [3.8, 4) is 6.07 Å².